The fraction of sp³-hybridized carbons (Fsp3) is 0.500. The summed E-state index contributed by atoms with van der Waals surface area (Å²) in [6.07, 6.45) is 2.29. The molecule has 0 bridgehead atoms. The normalized spacial score (nSPS) is 18.7. The van der Waals surface area contributed by atoms with E-state index in [1.165, 1.54) is 16.7 Å². The highest BCUT2D eigenvalue weighted by Gasteiger charge is 2.44. The van der Waals surface area contributed by atoms with Gasteiger partial charge in [-0.2, -0.15) is 0 Å². The SMILES string of the molecule is Cc1ccc(C)c(C2(CO)CC2)c1. The molecule has 1 aromatic rings. The molecule has 0 atom stereocenters. The van der Waals surface area contributed by atoms with E-state index in [0.717, 1.165) is 12.8 Å². The average Bonchev–Trinajstić information content (AvgIpc) is 2.90. The molecule has 1 aromatic carbocycles. The van der Waals surface area contributed by atoms with Crippen molar-refractivity contribution in [3.63, 3.8) is 0 Å². The van der Waals surface area contributed by atoms with Crippen LogP contribution in [-0.2, 0) is 5.41 Å². The number of hydrogen-bond donors (Lipinski definition) is 1. The first-order chi connectivity index (χ1) is 6.18. The van der Waals surface area contributed by atoms with Gasteiger partial charge in [0.2, 0.25) is 0 Å². The van der Waals surface area contributed by atoms with E-state index in [0.29, 0.717) is 6.61 Å². The van der Waals surface area contributed by atoms with Crippen LogP contribution in [0.1, 0.15) is 29.5 Å². The standard InChI is InChI=1S/C12H16O/c1-9-3-4-10(2)11(7-9)12(8-13)5-6-12/h3-4,7,13H,5-6,8H2,1-2H3. The van der Waals surface area contributed by atoms with Crippen molar-refractivity contribution in [2.45, 2.75) is 32.1 Å². The maximum atomic E-state index is 9.33. The Morgan fingerprint density at radius 1 is 1.31 bits per heavy atom. The molecule has 0 amide bonds. The summed E-state index contributed by atoms with van der Waals surface area (Å²) in [5.74, 6) is 0. The molecule has 70 valence electrons. The van der Waals surface area contributed by atoms with Gasteiger partial charge >= 0.3 is 0 Å². The lowest BCUT2D eigenvalue weighted by molar-refractivity contribution is 0.254. The van der Waals surface area contributed by atoms with Crippen LogP contribution in [0, 0.1) is 13.8 Å². The predicted molar refractivity (Wildman–Crippen MR) is 53.9 cm³/mol. The van der Waals surface area contributed by atoms with Crippen LogP contribution in [0.15, 0.2) is 18.2 Å². The van der Waals surface area contributed by atoms with Gasteiger partial charge in [0.25, 0.3) is 0 Å². The zero-order valence-electron chi connectivity index (χ0n) is 8.30. The molecular weight excluding hydrogens is 160 g/mol. The topological polar surface area (TPSA) is 20.2 Å². The van der Waals surface area contributed by atoms with Crippen molar-refractivity contribution in [1.82, 2.24) is 0 Å². The molecule has 1 nitrogen and oxygen atoms in total. The van der Waals surface area contributed by atoms with Crippen LogP contribution in [0.3, 0.4) is 0 Å². The summed E-state index contributed by atoms with van der Waals surface area (Å²) < 4.78 is 0. The maximum absolute atomic E-state index is 9.33. The van der Waals surface area contributed by atoms with Crippen molar-refractivity contribution in [2.24, 2.45) is 0 Å². The highest BCUT2D eigenvalue weighted by atomic mass is 16.3. The molecule has 2 rings (SSSR count). The lowest BCUT2D eigenvalue weighted by Crippen LogP contribution is -2.13. The fourth-order valence-corrected chi connectivity index (χ4v) is 1.97. The molecule has 1 aliphatic carbocycles. The first kappa shape index (κ1) is 8.76. The molecule has 0 heterocycles. The molecule has 1 saturated carbocycles. The van der Waals surface area contributed by atoms with Gasteiger partial charge in [0.05, 0.1) is 6.61 Å². The van der Waals surface area contributed by atoms with Crippen LogP contribution < -0.4 is 0 Å². The maximum Gasteiger partial charge on any atom is 0.0528 e. The Hall–Kier alpha value is -0.820. The third kappa shape index (κ3) is 1.37. The van der Waals surface area contributed by atoms with E-state index >= 15 is 0 Å². The van der Waals surface area contributed by atoms with E-state index in [-0.39, 0.29) is 5.41 Å². The summed E-state index contributed by atoms with van der Waals surface area (Å²) in [5.41, 5.74) is 4.09. The van der Waals surface area contributed by atoms with Crippen molar-refractivity contribution in [1.29, 1.82) is 0 Å². The van der Waals surface area contributed by atoms with Gasteiger partial charge in [0.1, 0.15) is 0 Å². The highest BCUT2D eigenvalue weighted by Crippen LogP contribution is 2.48. The summed E-state index contributed by atoms with van der Waals surface area (Å²) in [6, 6.07) is 6.51. The van der Waals surface area contributed by atoms with Crippen molar-refractivity contribution in [3.8, 4) is 0 Å². The van der Waals surface area contributed by atoms with Crippen molar-refractivity contribution in [3.05, 3.63) is 34.9 Å². The second kappa shape index (κ2) is 2.85. The lowest BCUT2D eigenvalue weighted by Gasteiger charge is -2.15. The van der Waals surface area contributed by atoms with Gasteiger partial charge in [-0.15, -0.1) is 0 Å². The van der Waals surface area contributed by atoms with Gasteiger partial charge < -0.3 is 5.11 Å². The second-order valence-electron chi connectivity index (χ2n) is 4.26. The third-order valence-electron chi connectivity index (χ3n) is 3.12. The largest absolute Gasteiger partial charge is 0.395 e. The number of rotatable bonds is 2. The number of aliphatic hydroxyl groups excluding tert-OH is 1. The number of aliphatic hydroxyl groups is 1. The number of hydrogen-bond acceptors (Lipinski definition) is 1. The van der Waals surface area contributed by atoms with Crippen molar-refractivity contribution < 1.29 is 5.11 Å². The molecule has 1 aliphatic rings. The van der Waals surface area contributed by atoms with Crippen LogP contribution >= 0.6 is 0 Å². The van der Waals surface area contributed by atoms with E-state index in [4.69, 9.17) is 0 Å². The van der Waals surface area contributed by atoms with Gasteiger partial charge in [-0.05, 0) is 37.8 Å². The molecule has 13 heavy (non-hydrogen) atoms. The molecule has 0 aromatic heterocycles. The van der Waals surface area contributed by atoms with Crippen molar-refractivity contribution >= 4 is 0 Å². The molecular formula is C12H16O. The van der Waals surface area contributed by atoms with Crippen LogP contribution in [0.4, 0.5) is 0 Å². The first-order valence-electron chi connectivity index (χ1n) is 4.86. The number of aryl methyl sites for hydroxylation is 2. The summed E-state index contributed by atoms with van der Waals surface area (Å²) in [7, 11) is 0. The Bertz CT molecular complexity index is 324. The Morgan fingerprint density at radius 3 is 2.54 bits per heavy atom. The highest BCUT2D eigenvalue weighted by molar-refractivity contribution is 5.40. The molecule has 0 radical (unpaired) electrons. The Balaban J connectivity index is 2.44. The lowest BCUT2D eigenvalue weighted by atomic mass is 9.91. The van der Waals surface area contributed by atoms with E-state index in [1.807, 2.05) is 0 Å². The molecule has 0 saturated heterocycles. The van der Waals surface area contributed by atoms with Crippen LogP contribution in [-0.4, -0.2) is 11.7 Å². The average molecular weight is 176 g/mol. The third-order valence-corrected chi connectivity index (χ3v) is 3.12. The first-order valence-corrected chi connectivity index (χ1v) is 4.86. The van der Waals surface area contributed by atoms with Crippen molar-refractivity contribution in [2.75, 3.05) is 6.61 Å². The Morgan fingerprint density at radius 2 is 2.00 bits per heavy atom. The van der Waals surface area contributed by atoms with E-state index in [1.54, 1.807) is 0 Å². The predicted octanol–water partition coefficient (Wildman–Crippen LogP) is 2.33. The molecule has 0 spiro atoms. The Kier molecular flexibility index (Phi) is 1.92. The van der Waals surface area contributed by atoms with E-state index in [9.17, 15) is 5.11 Å². The minimum Gasteiger partial charge on any atom is -0.395 e. The van der Waals surface area contributed by atoms with E-state index < -0.39 is 0 Å². The van der Waals surface area contributed by atoms with Gasteiger partial charge in [-0.3, -0.25) is 0 Å². The smallest absolute Gasteiger partial charge is 0.0528 e. The Labute approximate surface area is 79.4 Å². The monoisotopic (exact) mass is 176 g/mol. The summed E-state index contributed by atoms with van der Waals surface area (Å²) >= 11 is 0. The zero-order valence-corrected chi connectivity index (χ0v) is 8.30. The second-order valence-corrected chi connectivity index (χ2v) is 4.26. The summed E-state index contributed by atoms with van der Waals surface area (Å²) in [4.78, 5) is 0. The summed E-state index contributed by atoms with van der Waals surface area (Å²) in [5, 5.41) is 9.33. The van der Waals surface area contributed by atoms with Crippen LogP contribution in [0.2, 0.25) is 0 Å². The van der Waals surface area contributed by atoms with Gasteiger partial charge in [-0.1, -0.05) is 23.8 Å². The minimum absolute atomic E-state index is 0.121. The van der Waals surface area contributed by atoms with Crippen LogP contribution in [0.25, 0.3) is 0 Å². The van der Waals surface area contributed by atoms with Gasteiger partial charge in [0, 0.05) is 5.41 Å². The molecule has 1 fully saturated rings. The zero-order chi connectivity index (χ0) is 9.47. The summed E-state index contributed by atoms with van der Waals surface area (Å²) in [6.45, 7) is 4.54. The fourth-order valence-electron chi connectivity index (χ4n) is 1.97. The van der Waals surface area contributed by atoms with Gasteiger partial charge in [0.15, 0.2) is 0 Å². The van der Waals surface area contributed by atoms with E-state index in [2.05, 4.69) is 32.0 Å². The quantitative estimate of drug-likeness (QED) is 0.733. The minimum atomic E-state index is 0.121. The molecule has 1 N–H and O–H groups in total. The molecule has 0 aliphatic heterocycles. The van der Waals surface area contributed by atoms with Crippen LogP contribution in [0.5, 0.6) is 0 Å². The van der Waals surface area contributed by atoms with Gasteiger partial charge in [-0.25, -0.2) is 0 Å². The number of benzene rings is 1. The molecule has 1 heteroatoms. The molecule has 0 unspecified atom stereocenters.